The number of halogens is 3. The van der Waals surface area contributed by atoms with Crippen LogP contribution in [0.25, 0.3) is 11.4 Å². The summed E-state index contributed by atoms with van der Waals surface area (Å²) in [6.07, 6.45) is 1.46. The summed E-state index contributed by atoms with van der Waals surface area (Å²) in [6.45, 7) is 0. The molecule has 0 saturated heterocycles. The van der Waals surface area contributed by atoms with E-state index < -0.39 is 25.8 Å². The van der Waals surface area contributed by atoms with E-state index in [0.29, 0.717) is 6.07 Å². The van der Waals surface area contributed by atoms with Crippen LogP contribution in [-0.4, -0.2) is 23.2 Å². The third-order valence-corrected chi connectivity index (χ3v) is 4.10. The van der Waals surface area contributed by atoms with Gasteiger partial charge in [0.25, 0.3) is 14.2 Å². The fraction of sp³-hybridized carbons (Fsp3) is 0.273. The Labute approximate surface area is 117 Å². The quantitative estimate of drug-likeness (QED) is 0.815. The second-order valence-corrected chi connectivity index (χ2v) is 6.93. The van der Waals surface area contributed by atoms with Gasteiger partial charge in [0, 0.05) is 22.8 Å². The molecule has 1 fully saturated rings. The van der Waals surface area contributed by atoms with Crippen molar-refractivity contribution in [1.82, 2.24) is 14.8 Å². The van der Waals surface area contributed by atoms with Crippen molar-refractivity contribution in [3.63, 3.8) is 0 Å². The molecule has 0 bridgehead atoms. The van der Waals surface area contributed by atoms with Crippen molar-refractivity contribution in [3.8, 4) is 11.4 Å². The fourth-order valence-electron chi connectivity index (χ4n) is 1.96. The number of rotatable bonds is 3. The Bertz CT molecular complexity index is 787. The minimum atomic E-state index is -4.08. The van der Waals surface area contributed by atoms with E-state index in [0.717, 1.165) is 18.9 Å². The molecule has 0 aliphatic heterocycles. The van der Waals surface area contributed by atoms with Crippen molar-refractivity contribution in [1.29, 1.82) is 0 Å². The van der Waals surface area contributed by atoms with Crippen LogP contribution in [0.1, 0.15) is 18.9 Å². The summed E-state index contributed by atoms with van der Waals surface area (Å²) >= 11 is 0. The smallest absolute Gasteiger partial charge is 0.294 e. The largest absolute Gasteiger partial charge is 0.296 e. The zero-order valence-corrected chi connectivity index (χ0v) is 11.5. The maximum absolute atomic E-state index is 13.8. The van der Waals surface area contributed by atoms with E-state index in [9.17, 15) is 17.2 Å². The van der Waals surface area contributed by atoms with Gasteiger partial charge in [0.1, 0.15) is 11.6 Å². The van der Waals surface area contributed by atoms with Crippen molar-refractivity contribution in [2.24, 2.45) is 0 Å². The van der Waals surface area contributed by atoms with Crippen LogP contribution >= 0.6 is 10.7 Å². The number of hydrogen-bond acceptors (Lipinski definition) is 4. The first-order valence-electron chi connectivity index (χ1n) is 5.73. The second-order valence-electron chi connectivity index (χ2n) is 4.47. The highest BCUT2D eigenvalue weighted by Gasteiger charge is 2.34. The molecule has 1 aromatic heterocycles. The summed E-state index contributed by atoms with van der Waals surface area (Å²) < 4.78 is 50.9. The highest BCUT2D eigenvalue weighted by atomic mass is 35.7. The molecular formula is C11H8ClF2N3O2S. The summed E-state index contributed by atoms with van der Waals surface area (Å²) in [4.78, 5) is 0. The van der Waals surface area contributed by atoms with Gasteiger partial charge in [0.2, 0.25) is 0 Å². The molecule has 106 valence electrons. The molecule has 9 heteroatoms. The van der Waals surface area contributed by atoms with Gasteiger partial charge in [-0.25, -0.2) is 17.2 Å². The number of benzene rings is 1. The van der Waals surface area contributed by atoms with Gasteiger partial charge < -0.3 is 0 Å². The van der Waals surface area contributed by atoms with Crippen LogP contribution in [0.2, 0.25) is 0 Å². The Morgan fingerprint density at radius 1 is 1.25 bits per heavy atom. The van der Waals surface area contributed by atoms with E-state index in [2.05, 4.69) is 10.2 Å². The number of aromatic nitrogens is 3. The van der Waals surface area contributed by atoms with Crippen molar-refractivity contribution < 1.29 is 17.2 Å². The molecule has 20 heavy (non-hydrogen) atoms. The lowest BCUT2D eigenvalue weighted by Gasteiger charge is -2.07. The average molecular weight is 320 g/mol. The normalized spacial score (nSPS) is 15.6. The minimum Gasteiger partial charge on any atom is -0.294 e. The van der Waals surface area contributed by atoms with Gasteiger partial charge in [0.15, 0.2) is 5.82 Å². The molecule has 1 saturated carbocycles. The van der Waals surface area contributed by atoms with E-state index in [1.54, 1.807) is 0 Å². The standard InChI is InChI=1S/C11H8ClF2N3O2S/c12-20(18,19)11-16-15-10(17(11)7-2-3-7)8-4-1-6(13)5-9(8)14/h1,4-5,7H,2-3H2. The molecule has 3 rings (SSSR count). The predicted molar refractivity (Wildman–Crippen MR) is 66.7 cm³/mol. The van der Waals surface area contributed by atoms with Crippen LogP contribution in [0.3, 0.4) is 0 Å². The van der Waals surface area contributed by atoms with E-state index in [1.807, 2.05) is 0 Å². The van der Waals surface area contributed by atoms with Gasteiger partial charge >= 0.3 is 0 Å². The van der Waals surface area contributed by atoms with Gasteiger partial charge in [-0.2, -0.15) is 0 Å². The maximum Gasteiger partial charge on any atom is 0.296 e. The molecule has 1 aliphatic carbocycles. The molecule has 1 heterocycles. The maximum atomic E-state index is 13.8. The zero-order valence-electron chi connectivity index (χ0n) is 9.92. The Balaban J connectivity index is 2.22. The van der Waals surface area contributed by atoms with E-state index in [4.69, 9.17) is 10.7 Å². The topological polar surface area (TPSA) is 64.8 Å². The average Bonchev–Trinajstić information content (AvgIpc) is 3.07. The summed E-state index contributed by atoms with van der Waals surface area (Å²) in [6, 6.07) is 2.83. The number of hydrogen-bond donors (Lipinski definition) is 0. The van der Waals surface area contributed by atoms with Crippen LogP contribution < -0.4 is 0 Å². The first-order chi connectivity index (χ1) is 9.38. The van der Waals surface area contributed by atoms with Crippen molar-refractivity contribution in [2.45, 2.75) is 24.0 Å². The van der Waals surface area contributed by atoms with Gasteiger partial charge in [-0.15, -0.1) is 10.2 Å². The van der Waals surface area contributed by atoms with Crippen LogP contribution in [0.4, 0.5) is 8.78 Å². The molecule has 0 N–H and O–H groups in total. The molecule has 5 nitrogen and oxygen atoms in total. The molecule has 0 radical (unpaired) electrons. The Morgan fingerprint density at radius 2 is 1.95 bits per heavy atom. The first-order valence-corrected chi connectivity index (χ1v) is 8.04. The highest BCUT2D eigenvalue weighted by molar-refractivity contribution is 8.13. The SMILES string of the molecule is O=S(=O)(Cl)c1nnc(-c2ccc(F)cc2F)n1C1CC1. The molecule has 1 aliphatic rings. The molecule has 0 amide bonds. The van der Waals surface area contributed by atoms with Crippen LogP contribution in [0.5, 0.6) is 0 Å². The first kappa shape index (κ1) is 13.4. The third kappa shape index (κ3) is 2.29. The van der Waals surface area contributed by atoms with Gasteiger partial charge in [-0.05, 0) is 25.0 Å². The minimum absolute atomic E-state index is 0.0163. The lowest BCUT2D eigenvalue weighted by molar-refractivity contribution is 0.573. The Hall–Kier alpha value is -1.54. The molecule has 1 aromatic carbocycles. The Morgan fingerprint density at radius 3 is 2.50 bits per heavy atom. The van der Waals surface area contributed by atoms with Crippen molar-refractivity contribution in [3.05, 3.63) is 29.8 Å². The van der Waals surface area contributed by atoms with Gasteiger partial charge in [0.05, 0.1) is 5.56 Å². The van der Waals surface area contributed by atoms with E-state index >= 15 is 0 Å². The molecular weight excluding hydrogens is 312 g/mol. The van der Waals surface area contributed by atoms with Crippen molar-refractivity contribution in [2.75, 3.05) is 0 Å². The van der Waals surface area contributed by atoms with Gasteiger partial charge in [-0.1, -0.05) is 0 Å². The Kier molecular flexibility index (Phi) is 3.02. The molecule has 0 spiro atoms. The van der Waals surface area contributed by atoms with E-state index in [1.165, 1.54) is 10.6 Å². The lowest BCUT2D eigenvalue weighted by Crippen LogP contribution is -2.06. The monoisotopic (exact) mass is 319 g/mol. The third-order valence-electron chi connectivity index (χ3n) is 2.97. The molecule has 2 aromatic rings. The summed E-state index contributed by atoms with van der Waals surface area (Å²) in [7, 11) is 1.21. The molecule has 0 unspecified atom stereocenters. The fourth-order valence-corrected chi connectivity index (χ4v) is 2.88. The highest BCUT2D eigenvalue weighted by Crippen LogP contribution is 2.40. The van der Waals surface area contributed by atoms with Crippen molar-refractivity contribution >= 4 is 19.7 Å². The van der Waals surface area contributed by atoms with Crippen LogP contribution in [0.15, 0.2) is 23.4 Å². The predicted octanol–water partition coefficient (Wildman–Crippen LogP) is 2.49. The van der Waals surface area contributed by atoms with E-state index in [-0.39, 0.29) is 17.4 Å². The van der Waals surface area contributed by atoms with Gasteiger partial charge in [-0.3, -0.25) is 4.57 Å². The summed E-state index contributed by atoms with van der Waals surface area (Å²) in [5.41, 5.74) is -0.0163. The molecule has 0 atom stereocenters. The summed E-state index contributed by atoms with van der Waals surface area (Å²) in [5, 5.41) is 6.80. The lowest BCUT2D eigenvalue weighted by atomic mass is 10.2. The number of nitrogens with zero attached hydrogens (tertiary/aromatic N) is 3. The second kappa shape index (κ2) is 4.49. The van der Waals surface area contributed by atoms with Crippen LogP contribution in [-0.2, 0) is 9.05 Å². The zero-order chi connectivity index (χ0) is 14.5. The summed E-state index contributed by atoms with van der Waals surface area (Å²) in [5.74, 6) is -1.53. The van der Waals surface area contributed by atoms with Crippen LogP contribution in [0, 0.1) is 11.6 Å².